The maximum absolute atomic E-state index is 3.50. The molecule has 102 valence electrons. The summed E-state index contributed by atoms with van der Waals surface area (Å²) in [4.78, 5) is 0. The van der Waals surface area contributed by atoms with E-state index in [1.165, 1.54) is 24.0 Å². The minimum absolute atomic E-state index is 0.425. The Bertz CT molecular complexity index is 349. The van der Waals surface area contributed by atoms with Crippen molar-refractivity contribution in [3.8, 4) is 0 Å². The number of hydrogen-bond donors (Lipinski definition) is 1. The highest BCUT2D eigenvalue weighted by molar-refractivity contribution is 5.25. The van der Waals surface area contributed by atoms with Gasteiger partial charge in [-0.25, -0.2) is 0 Å². The normalized spacial score (nSPS) is 13.6. The van der Waals surface area contributed by atoms with Crippen LogP contribution >= 0.6 is 0 Å². The minimum atomic E-state index is 0.425. The van der Waals surface area contributed by atoms with E-state index in [0.29, 0.717) is 11.3 Å². The molecule has 0 aliphatic heterocycles. The van der Waals surface area contributed by atoms with Crippen LogP contribution in [0.2, 0.25) is 0 Å². The van der Waals surface area contributed by atoms with Crippen LogP contribution < -0.4 is 5.32 Å². The summed E-state index contributed by atoms with van der Waals surface area (Å²) in [6.07, 6.45) is 2.54. The molecular formula is C17H29N. The van der Waals surface area contributed by atoms with Gasteiger partial charge in [-0.2, -0.15) is 0 Å². The first-order valence-electron chi connectivity index (χ1n) is 7.19. The molecule has 0 aliphatic rings. The number of nitrogens with one attached hydrogen (secondary N) is 1. The number of likely N-dealkylation sites (N-methyl/N-ethyl adjacent to an activating group) is 1. The standard InChI is InChI=1S/C17H29N/c1-6-18-13-16(10-11-17(3,4)5)15-9-7-8-14(2)12-15/h7-9,12,16,18H,6,10-11,13H2,1-5H3. The molecule has 1 heteroatoms. The Kier molecular flexibility index (Phi) is 5.87. The number of hydrogen-bond acceptors (Lipinski definition) is 1. The SMILES string of the molecule is CCNCC(CCC(C)(C)C)c1cccc(C)c1. The second-order valence-corrected chi connectivity index (χ2v) is 6.52. The van der Waals surface area contributed by atoms with Gasteiger partial charge in [0.05, 0.1) is 0 Å². The van der Waals surface area contributed by atoms with E-state index in [0.717, 1.165) is 13.1 Å². The smallest absolute Gasteiger partial charge is 0.00200 e. The minimum Gasteiger partial charge on any atom is -0.316 e. The second-order valence-electron chi connectivity index (χ2n) is 6.52. The van der Waals surface area contributed by atoms with E-state index < -0.39 is 0 Å². The van der Waals surface area contributed by atoms with Gasteiger partial charge >= 0.3 is 0 Å². The monoisotopic (exact) mass is 247 g/mol. The molecule has 1 N–H and O–H groups in total. The lowest BCUT2D eigenvalue weighted by Gasteiger charge is -2.24. The van der Waals surface area contributed by atoms with Crippen LogP contribution in [0.3, 0.4) is 0 Å². The van der Waals surface area contributed by atoms with E-state index in [2.05, 4.69) is 64.2 Å². The van der Waals surface area contributed by atoms with Gasteiger partial charge in [-0.1, -0.05) is 57.5 Å². The summed E-state index contributed by atoms with van der Waals surface area (Å²) in [6.45, 7) is 13.5. The average Bonchev–Trinajstić information content (AvgIpc) is 2.28. The molecule has 0 spiro atoms. The second kappa shape index (κ2) is 6.94. The molecule has 0 saturated heterocycles. The van der Waals surface area contributed by atoms with Gasteiger partial charge in [-0.05, 0) is 43.2 Å². The highest BCUT2D eigenvalue weighted by atomic mass is 14.8. The summed E-state index contributed by atoms with van der Waals surface area (Å²) in [6, 6.07) is 8.97. The molecule has 1 aromatic carbocycles. The maximum Gasteiger partial charge on any atom is 0.00200 e. The summed E-state index contributed by atoms with van der Waals surface area (Å²) < 4.78 is 0. The van der Waals surface area contributed by atoms with E-state index in [1.54, 1.807) is 0 Å². The van der Waals surface area contributed by atoms with Crippen LogP contribution in [0.1, 0.15) is 57.6 Å². The third-order valence-corrected chi connectivity index (χ3v) is 3.40. The van der Waals surface area contributed by atoms with Crippen LogP contribution in [0.15, 0.2) is 24.3 Å². The zero-order chi connectivity index (χ0) is 13.6. The van der Waals surface area contributed by atoms with Crippen LogP contribution in [-0.4, -0.2) is 13.1 Å². The number of rotatable bonds is 6. The number of aryl methyl sites for hydroxylation is 1. The van der Waals surface area contributed by atoms with E-state index in [4.69, 9.17) is 0 Å². The lowest BCUT2D eigenvalue weighted by Crippen LogP contribution is -2.22. The predicted octanol–water partition coefficient (Wildman–Crippen LogP) is 4.51. The Morgan fingerprint density at radius 1 is 1.22 bits per heavy atom. The first kappa shape index (κ1) is 15.2. The Morgan fingerprint density at radius 3 is 2.50 bits per heavy atom. The molecule has 0 bridgehead atoms. The molecule has 1 aromatic rings. The Morgan fingerprint density at radius 2 is 1.94 bits per heavy atom. The van der Waals surface area contributed by atoms with Gasteiger partial charge in [0, 0.05) is 6.54 Å². The number of benzene rings is 1. The first-order chi connectivity index (χ1) is 8.42. The zero-order valence-corrected chi connectivity index (χ0v) is 12.7. The lowest BCUT2D eigenvalue weighted by atomic mass is 9.84. The Labute approximate surface area is 113 Å². The quantitative estimate of drug-likeness (QED) is 0.779. The van der Waals surface area contributed by atoms with Gasteiger partial charge in [0.2, 0.25) is 0 Å². The van der Waals surface area contributed by atoms with Crippen molar-refractivity contribution in [3.05, 3.63) is 35.4 Å². The van der Waals surface area contributed by atoms with Crippen LogP contribution in [0, 0.1) is 12.3 Å². The summed E-state index contributed by atoms with van der Waals surface area (Å²) in [5, 5.41) is 3.50. The molecular weight excluding hydrogens is 218 g/mol. The van der Waals surface area contributed by atoms with Gasteiger partial charge in [0.15, 0.2) is 0 Å². The van der Waals surface area contributed by atoms with Crippen LogP contribution in [0.5, 0.6) is 0 Å². The summed E-state index contributed by atoms with van der Waals surface area (Å²) >= 11 is 0. The maximum atomic E-state index is 3.50. The van der Waals surface area contributed by atoms with Gasteiger partial charge in [-0.15, -0.1) is 0 Å². The van der Waals surface area contributed by atoms with Crippen molar-refractivity contribution in [2.75, 3.05) is 13.1 Å². The van der Waals surface area contributed by atoms with Crippen molar-refractivity contribution in [2.45, 2.75) is 53.4 Å². The van der Waals surface area contributed by atoms with Crippen LogP contribution in [0.25, 0.3) is 0 Å². The summed E-state index contributed by atoms with van der Waals surface area (Å²) in [5.41, 5.74) is 3.28. The van der Waals surface area contributed by atoms with Crippen molar-refractivity contribution in [3.63, 3.8) is 0 Å². The third-order valence-electron chi connectivity index (χ3n) is 3.40. The molecule has 0 fully saturated rings. The predicted molar refractivity (Wildman–Crippen MR) is 81.2 cm³/mol. The molecule has 1 nitrogen and oxygen atoms in total. The highest BCUT2D eigenvalue weighted by Crippen LogP contribution is 2.28. The van der Waals surface area contributed by atoms with E-state index in [9.17, 15) is 0 Å². The lowest BCUT2D eigenvalue weighted by molar-refractivity contribution is 0.345. The molecule has 1 atom stereocenters. The zero-order valence-electron chi connectivity index (χ0n) is 12.7. The average molecular weight is 247 g/mol. The summed E-state index contributed by atoms with van der Waals surface area (Å²) in [7, 11) is 0. The van der Waals surface area contributed by atoms with Crippen molar-refractivity contribution >= 4 is 0 Å². The fourth-order valence-electron chi connectivity index (χ4n) is 2.24. The fourth-order valence-corrected chi connectivity index (χ4v) is 2.24. The van der Waals surface area contributed by atoms with Crippen molar-refractivity contribution < 1.29 is 0 Å². The Balaban J connectivity index is 2.71. The van der Waals surface area contributed by atoms with E-state index in [1.807, 2.05) is 0 Å². The van der Waals surface area contributed by atoms with Crippen LogP contribution in [0.4, 0.5) is 0 Å². The molecule has 0 saturated carbocycles. The van der Waals surface area contributed by atoms with E-state index >= 15 is 0 Å². The highest BCUT2D eigenvalue weighted by Gasteiger charge is 2.16. The Hall–Kier alpha value is -0.820. The molecule has 0 heterocycles. The summed E-state index contributed by atoms with van der Waals surface area (Å²) in [5.74, 6) is 0.643. The fraction of sp³-hybridized carbons (Fsp3) is 0.647. The topological polar surface area (TPSA) is 12.0 Å². The third kappa shape index (κ3) is 5.68. The van der Waals surface area contributed by atoms with Crippen molar-refractivity contribution in [1.29, 1.82) is 0 Å². The molecule has 1 unspecified atom stereocenters. The van der Waals surface area contributed by atoms with Gasteiger partial charge < -0.3 is 5.32 Å². The van der Waals surface area contributed by atoms with Crippen molar-refractivity contribution in [2.24, 2.45) is 5.41 Å². The molecule has 1 rings (SSSR count). The largest absolute Gasteiger partial charge is 0.316 e. The van der Waals surface area contributed by atoms with Gasteiger partial charge in [-0.3, -0.25) is 0 Å². The first-order valence-corrected chi connectivity index (χ1v) is 7.19. The van der Waals surface area contributed by atoms with Crippen LogP contribution in [-0.2, 0) is 0 Å². The molecule has 0 amide bonds. The molecule has 0 radical (unpaired) electrons. The molecule has 18 heavy (non-hydrogen) atoms. The van der Waals surface area contributed by atoms with Gasteiger partial charge in [0.1, 0.15) is 0 Å². The molecule has 0 aromatic heterocycles. The van der Waals surface area contributed by atoms with E-state index in [-0.39, 0.29) is 0 Å². The van der Waals surface area contributed by atoms with Gasteiger partial charge in [0.25, 0.3) is 0 Å². The van der Waals surface area contributed by atoms with Crippen molar-refractivity contribution in [1.82, 2.24) is 5.32 Å². The molecule has 0 aliphatic carbocycles.